The lowest BCUT2D eigenvalue weighted by molar-refractivity contribution is -0.117. The Balaban J connectivity index is 1.43. The van der Waals surface area contributed by atoms with Gasteiger partial charge in [0.15, 0.2) is 0 Å². The number of carbonyl (C=O) groups is 3. The largest absolute Gasteiger partial charge is 0.366 e. The number of carbonyl (C=O) groups excluding carboxylic acids is 3. The standard InChI is InChI=1S/C22H27N5O3/c1-16(21(29)25-19-9-7-18(8-10-19)20(23)28)24-22(30)27-13-11-26(12-14-27)15-17-5-3-2-4-6-17/h2-10,16H,11-15H2,1H3,(H2,23,28)(H,24,30)(H,25,29)/t16-/m1/s1. The van der Waals surface area contributed by atoms with Gasteiger partial charge in [0.05, 0.1) is 0 Å². The lowest BCUT2D eigenvalue weighted by Gasteiger charge is -2.35. The van der Waals surface area contributed by atoms with Gasteiger partial charge in [0.25, 0.3) is 0 Å². The maximum Gasteiger partial charge on any atom is 0.318 e. The van der Waals surface area contributed by atoms with Crippen LogP contribution in [-0.4, -0.2) is 59.9 Å². The van der Waals surface area contributed by atoms with E-state index in [0.717, 1.165) is 19.6 Å². The number of piperazine rings is 1. The molecule has 1 atom stereocenters. The van der Waals surface area contributed by atoms with Gasteiger partial charge in [-0.1, -0.05) is 30.3 Å². The molecule has 8 heteroatoms. The van der Waals surface area contributed by atoms with Crippen LogP contribution in [0.2, 0.25) is 0 Å². The summed E-state index contributed by atoms with van der Waals surface area (Å²) in [5, 5.41) is 5.46. The Kier molecular flexibility index (Phi) is 7.03. The smallest absolute Gasteiger partial charge is 0.318 e. The van der Waals surface area contributed by atoms with Crippen LogP contribution in [0.25, 0.3) is 0 Å². The van der Waals surface area contributed by atoms with Crippen molar-refractivity contribution in [2.75, 3.05) is 31.5 Å². The van der Waals surface area contributed by atoms with Crippen LogP contribution in [0.3, 0.4) is 0 Å². The first-order valence-corrected chi connectivity index (χ1v) is 9.95. The average molecular weight is 409 g/mol. The second-order valence-electron chi connectivity index (χ2n) is 7.35. The second kappa shape index (κ2) is 9.89. The predicted molar refractivity (Wildman–Crippen MR) is 115 cm³/mol. The van der Waals surface area contributed by atoms with Crippen LogP contribution in [0.4, 0.5) is 10.5 Å². The van der Waals surface area contributed by atoms with Gasteiger partial charge in [-0.3, -0.25) is 14.5 Å². The molecule has 0 spiro atoms. The molecule has 0 aromatic heterocycles. The Hall–Kier alpha value is -3.39. The zero-order valence-corrected chi connectivity index (χ0v) is 17.0. The number of hydrogen-bond acceptors (Lipinski definition) is 4. The number of urea groups is 1. The van der Waals surface area contributed by atoms with Crippen LogP contribution in [0.5, 0.6) is 0 Å². The molecular formula is C22H27N5O3. The fourth-order valence-electron chi connectivity index (χ4n) is 3.26. The highest BCUT2D eigenvalue weighted by molar-refractivity contribution is 5.97. The molecule has 2 aromatic carbocycles. The van der Waals surface area contributed by atoms with E-state index < -0.39 is 11.9 Å². The maximum atomic E-state index is 12.5. The molecule has 1 heterocycles. The molecule has 4 N–H and O–H groups in total. The number of nitrogens with zero attached hydrogens (tertiary/aromatic N) is 2. The van der Waals surface area contributed by atoms with E-state index in [9.17, 15) is 14.4 Å². The molecule has 30 heavy (non-hydrogen) atoms. The van der Waals surface area contributed by atoms with Crippen molar-refractivity contribution in [1.29, 1.82) is 0 Å². The van der Waals surface area contributed by atoms with Crippen molar-refractivity contribution in [2.45, 2.75) is 19.5 Å². The van der Waals surface area contributed by atoms with Crippen molar-refractivity contribution in [1.82, 2.24) is 15.1 Å². The van der Waals surface area contributed by atoms with Crippen molar-refractivity contribution >= 4 is 23.5 Å². The molecule has 1 fully saturated rings. The van der Waals surface area contributed by atoms with Crippen molar-refractivity contribution in [2.24, 2.45) is 5.73 Å². The minimum absolute atomic E-state index is 0.249. The second-order valence-corrected chi connectivity index (χ2v) is 7.35. The summed E-state index contributed by atoms with van der Waals surface area (Å²) < 4.78 is 0. The molecule has 1 aliphatic rings. The Morgan fingerprint density at radius 2 is 1.60 bits per heavy atom. The van der Waals surface area contributed by atoms with Gasteiger partial charge in [-0.25, -0.2) is 4.79 Å². The van der Waals surface area contributed by atoms with E-state index in [1.807, 2.05) is 18.2 Å². The van der Waals surface area contributed by atoms with E-state index in [4.69, 9.17) is 5.73 Å². The van der Waals surface area contributed by atoms with Crippen LogP contribution >= 0.6 is 0 Å². The molecule has 4 amide bonds. The fourth-order valence-corrected chi connectivity index (χ4v) is 3.26. The number of primary amides is 1. The summed E-state index contributed by atoms with van der Waals surface area (Å²) in [6.45, 7) is 5.30. The van der Waals surface area contributed by atoms with E-state index in [1.165, 1.54) is 17.7 Å². The summed E-state index contributed by atoms with van der Waals surface area (Å²) in [6.07, 6.45) is 0. The van der Waals surface area contributed by atoms with E-state index in [2.05, 4.69) is 27.7 Å². The van der Waals surface area contributed by atoms with Crippen molar-refractivity contribution < 1.29 is 14.4 Å². The zero-order valence-electron chi connectivity index (χ0n) is 17.0. The topological polar surface area (TPSA) is 108 Å². The third-order valence-corrected chi connectivity index (χ3v) is 5.08. The van der Waals surface area contributed by atoms with Crippen molar-refractivity contribution in [3.63, 3.8) is 0 Å². The molecule has 0 unspecified atom stereocenters. The Labute approximate surface area is 176 Å². The number of amides is 4. The molecular weight excluding hydrogens is 382 g/mol. The molecule has 1 aliphatic heterocycles. The number of nitrogens with two attached hydrogens (primary N) is 1. The monoisotopic (exact) mass is 409 g/mol. The normalized spacial score (nSPS) is 15.3. The Morgan fingerprint density at radius 1 is 0.967 bits per heavy atom. The van der Waals surface area contributed by atoms with Crippen molar-refractivity contribution in [3.05, 3.63) is 65.7 Å². The summed E-state index contributed by atoms with van der Waals surface area (Å²) >= 11 is 0. The molecule has 0 aliphatic carbocycles. The van der Waals surface area contributed by atoms with Crippen molar-refractivity contribution in [3.8, 4) is 0 Å². The number of nitrogens with one attached hydrogen (secondary N) is 2. The van der Waals surface area contributed by atoms with Gasteiger partial charge in [0, 0.05) is 44.0 Å². The number of hydrogen-bond donors (Lipinski definition) is 3. The van der Waals surface area contributed by atoms with Gasteiger partial charge < -0.3 is 21.3 Å². The molecule has 1 saturated heterocycles. The first-order valence-electron chi connectivity index (χ1n) is 9.95. The quantitative estimate of drug-likeness (QED) is 0.674. The van der Waals surface area contributed by atoms with Crippen LogP contribution < -0.4 is 16.4 Å². The Morgan fingerprint density at radius 3 is 2.20 bits per heavy atom. The van der Waals surface area contributed by atoms with E-state index in [-0.39, 0.29) is 11.9 Å². The van der Waals surface area contributed by atoms with Gasteiger partial charge in [-0.15, -0.1) is 0 Å². The number of anilines is 1. The summed E-state index contributed by atoms with van der Waals surface area (Å²) in [7, 11) is 0. The van der Waals surface area contributed by atoms with Gasteiger partial charge in [0.1, 0.15) is 6.04 Å². The predicted octanol–water partition coefficient (Wildman–Crippen LogP) is 1.64. The van der Waals surface area contributed by atoms with Crippen LogP contribution in [0.15, 0.2) is 54.6 Å². The van der Waals surface area contributed by atoms with Gasteiger partial charge >= 0.3 is 6.03 Å². The number of rotatable bonds is 6. The van der Waals surface area contributed by atoms with Crippen LogP contribution in [0.1, 0.15) is 22.8 Å². The first kappa shape index (κ1) is 21.3. The molecule has 0 radical (unpaired) electrons. The molecule has 2 aromatic rings. The van der Waals surface area contributed by atoms with Gasteiger partial charge in [0.2, 0.25) is 11.8 Å². The van der Waals surface area contributed by atoms with E-state index in [1.54, 1.807) is 24.0 Å². The lowest BCUT2D eigenvalue weighted by Crippen LogP contribution is -2.54. The fraction of sp³-hybridized carbons (Fsp3) is 0.318. The zero-order chi connectivity index (χ0) is 21.5. The highest BCUT2D eigenvalue weighted by Gasteiger charge is 2.24. The maximum absolute atomic E-state index is 12.5. The Bertz CT molecular complexity index is 877. The summed E-state index contributed by atoms with van der Waals surface area (Å²) in [6, 6.07) is 15.6. The summed E-state index contributed by atoms with van der Waals surface area (Å²) in [5.74, 6) is -0.865. The third kappa shape index (κ3) is 5.81. The molecule has 0 saturated carbocycles. The summed E-state index contributed by atoms with van der Waals surface area (Å²) in [5.41, 5.74) is 7.35. The first-order chi connectivity index (χ1) is 14.4. The van der Waals surface area contributed by atoms with Crippen LogP contribution in [0, 0.1) is 0 Å². The molecule has 3 rings (SSSR count). The lowest BCUT2D eigenvalue weighted by atomic mass is 10.2. The van der Waals surface area contributed by atoms with Gasteiger partial charge in [-0.05, 0) is 36.8 Å². The molecule has 158 valence electrons. The highest BCUT2D eigenvalue weighted by Crippen LogP contribution is 2.11. The molecule has 8 nitrogen and oxygen atoms in total. The van der Waals surface area contributed by atoms with E-state index in [0.29, 0.717) is 24.3 Å². The average Bonchev–Trinajstić information content (AvgIpc) is 2.75. The number of benzene rings is 2. The van der Waals surface area contributed by atoms with E-state index >= 15 is 0 Å². The highest BCUT2D eigenvalue weighted by atomic mass is 16.2. The SMILES string of the molecule is C[C@@H](NC(=O)N1CCN(Cc2ccccc2)CC1)C(=O)Nc1ccc(C(N)=O)cc1. The minimum Gasteiger partial charge on any atom is -0.366 e. The minimum atomic E-state index is -0.698. The summed E-state index contributed by atoms with van der Waals surface area (Å²) in [4.78, 5) is 40.0. The molecule has 0 bridgehead atoms. The van der Waals surface area contributed by atoms with Gasteiger partial charge in [-0.2, -0.15) is 0 Å². The van der Waals surface area contributed by atoms with Crippen LogP contribution in [-0.2, 0) is 11.3 Å². The third-order valence-electron chi connectivity index (χ3n) is 5.08.